The number of carbonyl (C=O) groups is 1. The largest absolute Gasteiger partial charge is 0.399 e. The first-order chi connectivity index (χ1) is 9.15. The van der Waals surface area contributed by atoms with Crippen LogP contribution in [-0.2, 0) is 4.79 Å². The molecule has 0 heterocycles. The molecular formula is C14H19BrN2OS. The lowest BCUT2D eigenvalue weighted by molar-refractivity contribution is -0.113. The lowest BCUT2D eigenvalue weighted by Crippen LogP contribution is -2.15. The second-order valence-electron chi connectivity index (χ2n) is 4.95. The van der Waals surface area contributed by atoms with Gasteiger partial charge < -0.3 is 11.1 Å². The van der Waals surface area contributed by atoms with Gasteiger partial charge in [0, 0.05) is 10.2 Å². The summed E-state index contributed by atoms with van der Waals surface area (Å²) in [6.45, 7) is 0. The van der Waals surface area contributed by atoms with Crippen LogP contribution >= 0.6 is 27.7 Å². The number of hydrogen-bond donors (Lipinski definition) is 2. The smallest absolute Gasteiger partial charge is 0.234 e. The number of thioether (sulfide) groups is 1. The van der Waals surface area contributed by atoms with E-state index in [1.54, 1.807) is 23.9 Å². The fourth-order valence-corrected chi connectivity index (χ4v) is 3.85. The van der Waals surface area contributed by atoms with Crippen molar-refractivity contribution < 1.29 is 4.79 Å². The molecular weight excluding hydrogens is 324 g/mol. The van der Waals surface area contributed by atoms with Crippen molar-refractivity contribution in [3.63, 3.8) is 0 Å². The molecule has 0 radical (unpaired) electrons. The minimum Gasteiger partial charge on any atom is -0.399 e. The first kappa shape index (κ1) is 14.7. The van der Waals surface area contributed by atoms with E-state index in [-0.39, 0.29) is 5.91 Å². The molecule has 19 heavy (non-hydrogen) atoms. The normalized spacial score (nSPS) is 15.6. The minimum atomic E-state index is 0.0495. The van der Waals surface area contributed by atoms with Crippen LogP contribution in [0, 0.1) is 5.92 Å². The summed E-state index contributed by atoms with van der Waals surface area (Å²) in [5.74, 6) is 2.50. The van der Waals surface area contributed by atoms with Crippen LogP contribution in [0.4, 0.5) is 11.4 Å². The van der Waals surface area contributed by atoms with E-state index < -0.39 is 0 Å². The molecule has 5 heteroatoms. The summed E-state index contributed by atoms with van der Waals surface area (Å²) in [6, 6.07) is 5.40. The molecule has 1 aromatic rings. The Morgan fingerprint density at radius 1 is 1.42 bits per heavy atom. The summed E-state index contributed by atoms with van der Waals surface area (Å²) in [5.41, 5.74) is 7.12. The first-order valence-electron chi connectivity index (χ1n) is 6.58. The Kier molecular flexibility index (Phi) is 5.58. The number of nitrogens with one attached hydrogen (secondary N) is 1. The van der Waals surface area contributed by atoms with Crippen molar-refractivity contribution in [2.24, 2.45) is 5.92 Å². The van der Waals surface area contributed by atoms with Crippen LogP contribution in [0.25, 0.3) is 0 Å². The third-order valence-corrected chi connectivity index (χ3v) is 5.16. The highest BCUT2D eigenvalue weighted by molar-refractivity contribution is 9.10. The summed E-state index contributed by atoms with van der Waals surface area (Å²) in [5, 5.41) is 2.90. The zero-order valence-electron chi connectivity index (χ0n) is 10.8. The van der Waals surface area contributed by atoms with E-state index in [4.69, 9.17) is 5.73 Å². The molecule has 1 amide bonds. The molecule has 1 aromatic carbocycles. The quantitative estimate of drug-likeness (QED) is 0.798. The Balaban J connectivity index is 1.74. The highest BCUT2D eigenvalue weighted by Gasteiger charge is 2.15. The van der Waals surface area contributed by atoms with Crippen LogP contribution in [0.3, 0.4) is 0 Å². The van der Waals surface area contributed by atoms with Gasteiger partial charge in [0.15, 0.2) is 0 Å². The maximum Gasteiger partial charge on any atom is 0.234 e. The molecule has 1 fully saturated rings. The summed E-state index contributed by atoms with van der Waals surface area (Å²) < 4.78 is 0.821. The molecule has 0 bridgehead atoms. The molecule has 0 aliphatic heterocycles. The van der Waals surface area contributed by atoms with Crippen molar-refractivity contribution in [3.8, 4) is 0 Å². The molecule has 3 nitrogen and oxygen atoms in total. The standard InChI is InChI=1S/C14H19BrN2OS/c15-12-7-11(16)5-6-13(12)17-14(18)9-19-8-10-3-1-2-4-10/h5-7,10H,1-4,8-9,16H2,(H,17,18). The van der Waals surface area contributed by atoms with Gasteiger partial charge in [0.1, 0.15) is 0 Å². The SMILES string of the molecule is Nc1ccc(NC(=O)CSCC2CCCC2)c(Br)c1. The zero-order valence-corrected chi connectivity index (χ0v) is 13.2. The van der Waals surface area contributed by atoms with Gasteiger partial charge in [-0.05, 0) is 58.6 Å². The van der Waals surface area contributed by atoms with Gasteiger partial charge in [-0.1, -0.05) is 12.8 Å². The summed E-state index contributed by atoms with van der Waals surface area (Å²) in [4.78, 5) is 11.8. The molecule has 1 saturated carbocycles. The molecule has 1 aliphatic carbocycles. The first-order valence-corrected chi connectivity index (χ1v) is 8.52. The number of rotatable bonds is 5. The van der Waals surface area contributed by atoms with E-state index in [0.29, 0.717) is 11.4 Å². The van der Waals surface area contributed by atoms with E-state index in [9.17, 15) is 4.79 Å². The number of halogens is 1. The number of carbonyl (C=O) groups excluding carboxylic acids is 1. The highest BCUT2D eigenvalue weighted by Crippen LogP contribution is 2.28. The molecule has 104 valence electrons. The maximum atomic E-state index is 11.8. The van der Waals surface area contributed by atoms with E-state index in [0.717, 1.165) is 21.8 Å². The van der Waals surface area contributed by atoms with Crippen LogP contribution in [0.5, 0.6) is 0 Å². The predicted octanol–water partition coefficient (Wildman–Crippen LogP) is 3.89. The average molecular weight is 343 g/mol. The van der Waals surface area contributed by atoms with Gasteiger partial charge >= 0.3 is 0 Å². The Morgan fingerprint density at radius 2 is 2.16 bits per heavy atom. The number of nitrogens with two attached hydrogens (primary N) is 1. The van der Waals surface area contributed by atoms with Crippen LogP contribution in [0.1, 0.15) is 25.7 Å². The maximum absolute atomic E-state index is 11.8. The summed E-state index contributed by atoms with van der Waals surface area (Å²) >= 11 is 5.13. The number of anilines is 2. The molecule has 2 rings (SSSR count). The second-order valence-corrected chi connectivity index (χ2v) is 6.84. The minimum absolute atomic E-state index is 0.0495. The average Bonchev–Trinajstić information content (AvgIpc) is 2.86. The van der Waals surface area contributed by atoms with Crippen molar-refractivity contribution in [2.75, 3.05) is 22.6 Å². The van der Waals surface area contributed by atoms with Gasteiger partial charge in [0.2, 0.25) is 5.91 Å². The van der Waals surface area contributed by atoms with E-state index >= 15 is 0 Å². The third kappa shape index (κ3) is 4.73. The van der Waals surface area contributed by atoms with Gasteiger partial charge in [-0.15, -0.1) is 0 Å². The molecule has 1 aliphatic rings. The van der Waals surface area contributed by atoms with Gasteiger partial charge in [-0.2, -0.15) is 11.8 Å². The van der Waals surface area contributed by atoms with Crippen LogP contribution < -0.4 is 11.1 Å². The van der Waals surface area contributed by atoms with Crippen molar-refractivity contribution in [3.05, 3.63) is 22.7 Å². The van der Waals surface area contributed by atoms with Crippen molar-refractivity contribution >= 4 is 45.0 Å². The Labute approximate surface area is 126 Å². The predicted molar refractivity (Wildman–Crippen MR) is 86.5 cm³/mol. The van der Waals surface area contributed by atoms with E-state index in [1.165, 1.54) is 25.7 Å². The zero-order chi connectivity index (χ0) is 13.7. The second kappa shape index (κ2) is 7.20. The van der Waals surface area contributed by atoms with Gasteiger partial charge in [-0.3, -0.25) is 4.79 Å². The molecule has 0 atom stereocenters. The fraction of sp³-hybridized carbons (Fsp3) is 0.500. The van der Waals surface area contributed by atoms with Crippen LogP contribution in [-0.4, -0.2) is 17.4 Å². The lowest BCUT2D eigenvalue weighted by atomic mass is 10.1. The number of nitrogen functional groups attached to an aromatic ring is 1. The molecule has 0 spiro atoms. The Hall–Kier alpha value is -0.680. The number of amides is 1. The third-order valence-electron chi connectivity index (χ3n) is 3.33. The summed E-state index contributed by atoms with van der Waals surface area (Å²) in [6.07, 6.45) is 5.38. The van der Waals surface area contributed by atoms with Gasteiger partial charge in [-0.25, -0.2) is 0 Å². The van der Waals surface area contributed by atoms with Crippen molar-refractivity contribution in [1.82, 2.24) is 0 Å². The summed E-state index contributed by atoms with van der Waals surface area (Å²) in [7, 11) is 0. The van der Waals surface area contributed by atoms with Crippen molar-refractivity contribution in [2.45, 2.75) is 25.7 Å². The van der Waals surface area contributed by atoms with Crippen LogP contribution in [0.15, 0.2) is 22.7 Å². The molecule has 3 N–H and O–H groups in total. The highest BCUT2D eigenvalue weighted by atomic mass is 79.9. The Morgan fingerprint density at radius 3 is 2.84 bits per heavy atom. The van der Waals surface area contributed by atoms with Gasteiger partial charge in [0.05, 0.1) is 11.4 Å². The van der Waals surface area contributed by atoms with E-state index in [1.807, 2.05) is 6.07 Å². The fourth-order valence-electron chi connectivity index (χ4n) is 2.31. The van der Waals surface area contributed by atoms with Crippen LogP contribution in [0.2, 0.25) is 0 Å². The molecule has 0 saturated heterocycles. The van der Waals surface area contributed by atoms with E-state index in [2.05, 4.69) is 21.2 Å². The topological polar surface area (TPSA) is 55.1 Å². The monoisotopic (exact) mass is 342 g/mol. The lowest BCUT2D eigenvalue weighted by Gasteiger charge is -2.10. The van der Waals surface area contributed by atoms with Gasteiger partial charge in [0.25, 0.3) is 0 Å². The van der Waals surface area contributed by atoms with Crippen molar-refractivity contribution in [1.29, 1.82) is 0 Å². The number of benzene rings is 1. The molecule has 0 aromatic heterocycles. The number of hydrogen-bond acceptors (Lipinski definition) is 3. The Bertz CT molecular complexity index is 447. The molecule has 0 unspecified atom stereocenters.